The molecule has 1 aliphatic rings. The molecule has 1 aromatic heterocycles. The average Bonchev–Trinajstić information content (AvgIpc) is 3.35. The number of nitro benzene ring substituents is 1. The number of aromatic nitrogens is 3. The zero-order valence-electron chi connectivity index (χ0n) is 20.1. The highest BCUT2D eigenvalue weighted by molar-refractivity contribution is 7.99. The van der Waals surface area contributed by atoms with Crippen LogP contribution in [0.15, 0.2) is 90.1 Å². The van der Waals surface area contributed by atoms with E-state index in [1.807, 2.05) is 58.0 Å². The standard InChI is InChI=1S/C27H26N6O3S/c34-26(31-17-15-30(16-18-31)22-11-13-24(14-12-22)33(35)36)20-37-27-29-28-25(19-21-7-3-1-4-8-21)32(27)23-9-5-2-6-10-23/h1-14H,15-20H2. The van der Waals surface area contributed by atoms with Crippen molar-refractivity contribution in [3.05, 3.63) is 106 Å². The maximum atomic E-state index is 13.0. The molecule has 4 aromatic rings. The number of nitrogens with zero attached hydrogens (tertiary/aromatic N) is 6. The van der Waals surface area contributed by atoms with Crippen LogP contribution < -0.4 is 4.90 Å². The van der Waals surface area contributed by atoms with Gasteiger partial charge in [0, 0.05) is 56.1 Å². The van der Waals surface area contributed by atoms with Crippen molar-refractivity contribution in [1.29, 1.82) is 0 Å². The zero-order chi connectivity index (χ0) is 25.6. The fourth-order valence-corrected chi connectivity index (χ4v) is 5.21. The van der Waals surface area contributed by atoms with Crippen LogP contribution in [-0.2, 0) is 11.2 Å². The largest absolute Gasteiger partial charge is 0.368 e. The lowest BCUT2D eigenvalue weighted by Crippen LogP contribution is -2.49. The Labute approximate surface area is 218 Å². The molecular weight excluding hydrogens is 488 g/mol. The van der Waals surface area contributed by atoms with E-state index < -0.39 is 4.92 Å². The van der Waals surface area contributed by atoms with Gasteiger partial charge in [0.2, 0.25) is 5.91 Å². The number of piperazine rings is 1. The molecule has 10 heteroatoms. The normalized spacial score (nSPS) is 13.5. The maximum absolute atomic E-state index is 13.0. The topological polar surface area (TPSA) is 97.4 Å². The van der Waals surface area contributed by atoms with Crippen molar-refractivity contribution in [3.8, 4) is 5.69 Å². The summed E-state index contributed by atoms with van der Waals surface area (Å²) in [5.74, 6) is 1.15. The van der Waals surface area contributed by atoms with Gasteiger partial charge in [-0.25, -0.2) is 0 Å². The molecule has 0 atom stereocenters. The van der Waals surface area contributed by atoms with Gasteiger partial charge in [0.15, 0.2) is 5.16 Å². The smallest absolute Gasteiger partial charge is 0.269 e. The first-order valence-electron chi connectivity index (χ1n) is 12.0. The van der Waals surface area contributed by atoms with Crippen LogP contribution in [0, 0.1) is 10.1 Å². The molecule has 1 saturated heterocycles. The average molecular weight is 515 g/mol. The molecule has 9 nitrogen and oxygen atoms in total. The van der Waals surface area contributed by atoms with E-state index in [2.05, 4.69) is 27.2 Å². The van der Waals surface area contributed by atoms with Gasteiger partial charge < -0.3 is 9.80 Å². The molecule has 37 heavy (non-hydrogen) atoms. The predicted octanol–water partition coefficient (Wildman–Crippen LogP) is 4.21. The molecule has 2 heterocycles. The number of hydrogen-bond donors (Lipinski definition) is 0. The number of carbonyl (C=O) groups is 1. The van der Waals surface area contributed by atoms with Crippen molar-refractivity contribution < 1.29 is 9.72 Å². The number of amides is 1. The Bertz CT molecular complexity index is 1350. The van der Waals surface area contributed by atoms with E-state index >= 15 is 0 Å². The van der Waals surface area contributed by atoms with Crippen LogP contribution in [0.3, 0.4) is 0 Å². The highest BCUT2D eigenvalue weighted by atomic mass is 32.2. The molecule has 1 amide bonds. The van der Waals surface area contributed by atoms with Crippen LogP contribution in [0.25, 0.3) is 5.69 Å². The number of non-ortho nitro benzene ring substituents is 1. The summed E-state index contributed by atoms with van der Waals surface area (Å²) in [4.78, 5) is 27.5. The third-order valence-electron chi connectivity index (χ3n) is 6.30. The first-order chi connectivity index (χ1) is 18.1. The summed E-state index contributed by atoms with van der Waals surface area (Å²) in [6.45, 7) is 2.55. The quantitative estimate of drug-likeness (QED) is 0.197. The summed E-state index contributed by atoms with van der Waals surface area (Å²) < 4.78 is 2.03. The molecule has 0 saturated carbocycles. The van der Waals surface area contributed by atoms with E-state index in [9.17, 15) is 14.9 Å². The molecule has 0 bridgehead atoms. The fourth-order valence-electron chi connectivity index (χ4n) is 4.34. The van der Waals surface area contributed by atoms with Crippen molar-refractivity contribution in [2.75, 3.05) is 36.8 Å². The minimum Gasteiger partial charge on any atom is -0.368 e. The second-order valence-corrected chi connectivity index (χ2v) is 9.60. The summed E-state index contributed by atoms with van der Waals surface area (Å²) in [5, 5.41) is 20.5. The molecule has 3 aromatic carbocycles. The van der Waals surface area contributed by atoms with Gasteiger partial charge >= 0.3 is 0 Å². The van der Waals surface area contributed by atoms with Crippen LogP contribution in [0.1, 0.15) is 11.4 Å². The number of hydrogen-bond acceptors (Lipinski definition) is 7. The van der Waals surface area contributed by atoms with E-state index in [1.54, 1.807) is 12.1 Å². The van der Waals surface area contributed by atoms with Gasteiger partial charge in [-0.2, -0.15) is 0 Å². The molecule has 188 valence electrons. The Morgan fingerprint density at radius 2 is 1.49 bits per heavy atom. The number of benzene rings is 3. The lowest BCUT2D eigenvalue weighted by molar-refractivity contribution is -0.384. The van der Waals surface area contributed by atoms with Crippen LogP contribution >= 0.6 is 11.8 Å². The van der Waals surface area contributed by atoms with Gasteiger partial charge in [0.05, 0.1) is 10.7 Å². The number of anilines is 1. The highest BCUT2D eigenvalue weighted by Gasteiger charge is 2.23. The summed E-state index contributed by atoms with van der Waals surface area (Å²) in [7, 11) is 0. The molecule has 1 fully saturated rings. The van der Waals surface area contributed by atoms with E-state index in [1.165, 1.54) is 23.9 Å². The van der Waals surface area contributed by atoms with Crippen LogP contribution in [0.2, 0.25) is 0 Å². The van der Waals surface area contributed by atoms with E-state index in [4.69, 9.17) is 0 Å². The Hall–Kier alpha value is -4.18. The van der Waals surface area contributed by atoms with Gasteiger partial charge in [-0.05, 0) is 29.8 Å². The van der Waals surface area contributed by atoms with Gasteiger partial charge in [0.1, 0.15) is 5.82 Å². The molecule has 0 spiro atoms. The Morgan fingerprint density at radius 3 is 2.14 bits per heavy atom. The molecular formula is C27H26N6O3S. The minimum atomic E-state index is -0.402. The molecule has 1 aliphatic heterocycles. The van der Waals surface area contributed by atoms with Crippen LogP contribution in [0.5, 0.6) is 0 Å². The first-order valence-corrected chi connectivity index (χ1v) is 13.0. The summed E-state index contributed by atoms with van der Waals surface area (Å²) in [6, 6.07) is 26.6. The van der Waals surface area contributed by atoms with E-state index in [-0.39, 0.29) is 17.3 Å². The lowest BCUT2D eigenvalue weighted by atomic mass is 10.1. The van der Waals surface area contributed by atoms with Gasteiger partial charge in [-0.1, -0.05) is 60.3 Å². The SMILES string of the molecule is O=C(CSc1nnc(Cc2ccccc2)n1-c1ccccc1)N1CCN(c2ccc([N+](=O)[O-])cc2)CC1. The lowest BCUT2D eigenvalue weighted by Gasteiger charge is -2.36. The fraction of sp³-hybridized carbons (Fsp3) is 0.222. The Balaban J connectivity index is 1.22. The second-order valence-electron chi connectivity index (χ2n) is 8.66. The molecule has 0 aliphatic carbocycles. The molecule has 0 N–H and O–H groups in total. The van der Waals surface area contributed by atoms with E-state index in [0.29, 0.717) is 37.8 Å². The number of thioether (sulfide) groups is 1. The zero-order valence-corrected chi connectivity index (χ0v) is 21.0. The van der Waals surface area contributed by atoms with Crippen molar-refractivity contribution in [2.45, 2.75) is 11.6 Å². The van der Waals surface area contributed by atoms with Gasteiger partial charge in [-0.15, -0.1) is 10.2 Å². The minimum absolute atomic E-state index is 0.0561. The van der Waals surface area contributed by atoms with Crippen LogP contribution in [0.4, 0.5) is 11.4 Å². The number of carbonyl (C=O) groups excluding carboxylic acids is 1. The summed E-state index contributed by atoms with van der Waals surface area (Å²) in [6.07, 6.45) is 0.641. The highest BCUT2D eigenvalue weighted by Crippen LogP contribution is 2.25. The second kappa shape index (κ2) is 11.3. The van der Waals surface area contributed by atoms with Gasteiger partial charge in [0.25, 0.3) is 5.69 Å². The predicted molar refractivity (Wildman–Crippen MR) is 143 cm³/mol. The van der Waals surface area contributed by atoms with Gasteiger partial charge in [-0.3, -0.25) is 19.5 Å². The molecule has 0 unspecified atom stereocenters. The van der Waals surface area contributed by atoms with Crippen LogP contribution in [-0.4, -0.2) is 62.4 Å². The Morgan fingerprint density at radius 1 is 0.838 bits per heavy atom. The molecule has 5 rings (SSSR count). The number of para-hydroxylation sites is 1. The summed E-state index contributed by atoms with van der Waals surface area (Å²) >= 11 is 1.40. The number of nitro groups is 1. The third-order valence-corrected chi connectivity index (χ3v) is 7.22. The number of rotatable bonds is 8. The Kier molecular flexibility index (Phi) is 7.46. The molecule has 0 radical (unpaired) electrons. The monoisotopic (exact) mass is 514 g/mol. The first kappa shape index (κ1) is 24.5. The third kappa shape index (κ3) is 5.80. The van der Waals surface area contributed by atoms with E-state index in [0.717, 1.165) is 22.8 Å². The summed E-state index contributed by atoms with van der Waals surface area (Å²) in [5.41, 5.74) is 3.11. The van der Waals surface area contributed by atoms with Crippen molar-refractivity contribution in [3.63, 3.8) is 0 Å². The van der Waals surface area contributed by atoms with Crippen molar-refractivity contribution in [1.82, 2.24) is 19.7 Å². The van der Waals surface area contributed by atoms with Crippen molar-refractivity contribution >= 4 is 29.0 Å². The van der Waals surface area contributed by atoms with Crippen molar-refractivity contribution in [2.24, 2.45) is 0 Å². The maximum Gasteiger partial charge on any atom is 0.269 e.